The number of carbonyl (C=O) groups excluding carboxylic acids is 1. The molecule has 0 aliphatic carbocycles. The molecule has 1 rings (SSSR count). The number of benzene rings is 1. The third-order valence-electron chi connectivity index (χ3n) is 1.67. The maximum absolute atomic E-state index is 11.0. The minimum atomic E-state index is -0.0408. The third kappa shape index (κ3) is 3.33. The molecule has 0 radical (unpaired) electrons. The van der Waals surface area contributed by atoms with Gasteiger partial charge in [0.1, 0.15) is 0 Å². The van der Waals surface area contributed by atoms with Crippen molar-refractivity contribution in [2.24, 2.45) is 0 Å². The average Bonchev–Trinajstić information content (AvgIpc) is 2.08. The van der Waals surface area contributed by atoms with Crippen molar-refractivity contribution in [1.29, 1.82) is 0 Å². The van der Waals surface area contributed by atoms with Gasteiger partial charge in [-0.05, 0) is 32.0 Å². The molecule has 0 heterocycles. The zero-order chi connectivity index (χ0) is 9.84. The fourth-order valence-electron chi connectivity index (χ4n) is 1.00. The summed E-state index contributed by atoms with van der Waals surface area (Å²) >= 11 is 0. The van der Waals surface area contributed by atoms with Crippen LogP contribution >= 0.6 is 0 Å². The summed E-state index contributed by atoms with van der Waals surface area (Å²) in [7, 11) is 0. The molecule has 0 aromatic heterocycles. The van der Waals surface area contributed by atoms with Crippen LogP contribution in [-0.4, -0.2) is 47.1 Å². The van der Waals surface area contributed by atoms with Gasteiger partial charge in [0.25, 0.3) is 0 Å². The molecule has 0 saturated carbocycles. The van der Waals surface area contributed by atoms with Crippen LogP contribution in [0.5, 0.6) is 11.5 Å². The molecule has 0 saturated heterocycles. The summed E-state index contributed by atoms with van der Waals surface area (Å²) in [6, 6.07) is 4.57. The van der Waals surface area contributed by atoms with E-state index in [4.69, 9.17) is 4.74 Å². The Bertz CT molecular complexity index is 323. The molecule has 0 aliphatic rings. The number of phenols is 1. The topological polar surface area (TPSA) is 46.5 Å². The summed E-state index contributed by atoms with van der Waals surface area (Å²) in [6.07, 6.45) is 0. The molecule has 1 aromatic rings. The molecule has 14 heavy (non-hydrogen) atoms. The summed E-state index contributed by atoms with van der Waals surface area (Å²) in [6.45, 7) is 3.76. The average molecular weight is 204 g/mol. The molecule has 3 nitrogen and oxygen atoms in total. The molecular weight excluding hydrogens is 191 g/mol. The van der Waals surface area contributed by atoms with Gasteiger partial charge in [-0.3, -0.25) is 4.79 Å². The molecule has 0 aliphatic heterocycles. The number of aromatic hydroxyl groups is 1. The van der Waals surface area contributed by atoms with E-state index in [9.17, 15) is 9.90 Å². The predicted octanol–water partition coefficient (Wildman–Crippen LogP) is 1.34. The van der Waals surface area contributed by atoms with E-state index >= 15 is 0 Å². The molecule has 72 valence electrons. The van der Waals surface area contributed by atoms with Gasteiger partial charge < -0.3 is 9.84 Å². The normalized spacial score (nSPS) is 9.00. The molecule has 0 bridgehead atoms. The first kappa shape index (κ1) is 13.5. The molecule has 4 heteroatoms. The zero-order valence-corrected chi connectivity index (χ0v) is 7.70. The molecule has 0 fully saturated rings. The Balaban J connectivity index is 0.00000169. The van der Waals surface area contributed by atoms with E-state index in [0.717, 1.165) is 0 Å². The van der Waals surface area contributed by atoms with Gasteiger partial charge in [-0.15, -0.1) is 0 Å². The van der Waals surface area contributed by atoms with Crippen molar-refractivity contribution in [1.82, 2.24) is 0 Å². The van der Waals surface area contributed by atoms with Crippen molar-refractivity contribution >= 4 is 35.3 Å². The number of carbonyl (C=O) groups is 1. The quantitative estimate of drug-likeness (QED) is 0.597. The van der Waals surface area contributed by atoms with Crippen LogP contribution in [0.2, 0.25) is 0 Å². The number of hydrogen-bond acceptors (Lipinski definition) is 3. The van der Waals surface area contributed by atoms with Crippen LogP contribution in [-0.2, 0) is 0 Å². The van der Waals surface area contributed by atoms with Crippen molar-refractivity contribution in [2.45, 2.75) is 13.8 Å². The van der Waals surface area contributed by atoms with Gasteiger partial charge in [0, 0.05) is 5.56 Å². The van der Waals surface area contributed by atoms with Crippen LogP contribution in [0, 0.1) is 0 Å². The van der Waals surface area contributed by atoms with Crippen LogP contribution in [0.3, 0.4) is 0 Å². The summed E-state index contributed by atoms with van der Waals surface area (Å²) < 4.78 is 5.13. The van der Waals surface area contributed by atoms with E-state index in [0.29, 0.717) is 17.9 Å². The van der Waals surface area contributed by atoms with Crippen LogP contribution in [0.1, 0.15) is 24.2 Å². The monoisotopic (exact) mass is 204 g/mol. The van der Waals surface area contributed by atoms with Crippen LogP contribution < -0.4 is 4.74 Å². The fourth-order valence-corrected chi connectivity index (χ4v) is 1.00. The number of phenolic OH excluding ortho intramolecular Hbond substituents is 1. The molecule has 0 atom stereocenters. The van der Waals surface area contributed by atoms with Gasteiger partial charge in [-0.1, -0.05) is 0 Å². The summed E-state index contributed by atoms with van der Waals surface area (Å²) in [4.78, 5) is 11.0. The SMILES string of the molecule is CCOc1cc(C(C)=O)ccc1O.[NaH]. The van der Waals surface area contributed by atoms with Crippen molar-refractivity contribution in [2.75, 3.05) is 6.61 Å². The maximum atomic E-state index is 11.0. The number of ether oxygens (including phenoxy) is 1. The fraction of sp³-hybridized carbons (Fsp3) is 0.300. The number of rotatable bonds is 3. The van der Waals surface area contributed by atoms with Crippen LogP contribution in [0.25, 0.3) is 0 Å². The van der Waals surface area contributed by atoms with E-state index in [1.165, 1.54) is 13.0 Å². The molecule has 0 spiro atoms. The van der Waals surface area contributed by atoms with E-state index in [2.05, 4.69) is 0 Å². The second-order valence-corrected chi connectivity index (χ2v) is 2.67. The van der Waals surface area contributed by atoms with Gasteiger partial charge in [0.2, 0.25) is 0 Å². The number of Topliss-reactive ketones (excluding diaryl/α,β-unsaturated/α-hetero) is 1. The van der Waals surface area contributed by atoms with Gasteiger partial charge in [-0.25, -0.2) is 0 Å². The van der Waals surface area contributed by atoms with Crippen LogP contribution in [0.4, 0.5) is 0 Å². The predicted molar refractivity (Wildman–Crippen MR) is 56.4 cm³/mol. The Morgan fingerprint density at radius 2 is 2.14 bits per heavy atom. The van der Waals surface area contributed by atoms with Crippen molar-refractivity contribution < 1.29 is 14.6 Å². The standard InChI is InChI=1S/C10H12O3.Na.H/c1-3-13-10-6-8(7(2)11)4-5-9(10)12;;/h4-6,12H,3H2,1-2H3;;. The van der Waals surface area contributed by atoms with E-state index in [-0.39, 0.29) is 41.1 Å². The Labute approximate surface area is 105 Å². The van der Waals surface area contributed by atoms with Crippen molar-refractivity contribution in [3.63, 3.8) is 0 Å². The first-order valence-electron chi connectivity index (χ1n) is 4.12. The van der Waals surface area contributed by atoms with Crippen LogP contribution in [0.15, 0.2) is 18.2 Å². The molecule has 0 amide bonds. The number of hydrogen-bond donors (Lipinski definition) is 1. The molecular formula is C10H13NaO3. The Hall–Kier alpha value is -0.510. The van der Waals surface area contributed by atoms with Crippen molar-refractivity contribution in [3.05, 3.63) is 23.8 Å². The van der Waals surface area contributed by atoms with E-state index in [1.807, 2.05) is 6.92 Å². The van der Waals surface area contributed by atoms with Gasteiger partial charge in [0.15, 0.2) is 17.3 Å². The second kappa shape index (κ2) is 6.06. The summed E-state index contributed by atoms with van der Waals surface area (Å²) in [5.74, 6) is 0.378. The minimum absolute atomic E-state index is 0. The van der Waals surface area contributed by atoms with Gasteiger partial charge >= 0.3 is 29.6 Å². The first-order chi connectivity index (χ1) is 6.15. The summed E-state index contributed by atoms with van der Waals surface area (Å²) in [5.41, 5.74) is 0.543. The Morgan fingerprint density at radius 3 is 2.64 bits per heavy atom. The zero-order valence-electron chi connectivity index (χ0n) is 7.70. The van der Waals surface area contributed by atoms with Gasteiger partial charge in [-0.2, -0.15) is 0 Å². The first-order valence-corrected chi connectivity index (χ1v) is 4.12. The van der Waals surface area contributed by atoms with E-state index < -0.39 is 0 Å². The Morgan fingerprint density at radius 1 is 1.50 bits per heavy atom. The molecule has 0 unspecified atom stereocenters. The van der Waals surface area contributed by atoms with Gasteiger partial charge in [0.05, 0.1) is 6.61 Å². The molecule has 1 aromatic carbocycles. The second-order valence-electron chi connectivity index (χ2n) is 2.67. The van der Waals surface area contributed by atoms with Crippen molar-refractivity contribution in [3.8, 4) is 11.5 Å². The summed E-state index contributed by atoms with van der Waals surface area (Å²) in [5, 5.41) is 9.31. The Kier molecular flexibility index (Phi) is 5.84. The number of ketones is 1. The molecule has 1 N–H and O–H groups in total. The third-order valence-corrected chi connectivity index (χ3v) is 1.67. The van der Waals surface area contributed by atoms with E-state index in [1.54, 1.807) is 12.1 Å².